The lowest BCUT2D eigenvalue weighted by molar-refractivity contribution is 0.424. The number of halogens is 1. The normalized spacial score (nSPS) is 11.4. The Hall–Kier alpha value is -1.06. The van der Waals surface area contributed by atoms with E-state index in [-0.39, 0.29) is 5.54 Å². The highest BCUT2D eigenvalue weighted by Crippen LogP contribution is 2.20. The molecule has 0 aliphatic rings. The van der Waals surface area contributed by atoms with E-state index in [2.05, 4.69) is 55.7 Å². The summed E-state index contributed by atoms with van der Waals surface area (Å²) in [5.41, 5.74) is 1.16. The fraction of sp³-hybridized carbons (Fsp3) is 0.562. The van der Waals surface area contributed by atoms with Gasteiger partial charge in [-0.3, -0.25) is 0 Å². The van der Waals surface area contributed by atoms with Gasteiger partial charge in [0.05, 0.1) is 5.02 Å². The summed E-state index contributed by atoms with van der Waals surface area (Å²) >= 11 is 6.22. The maximum absolute atomic E-state index is 6.22. The topological polar surface area (TPSA) is 28.2 Å². The Bertz CT molecular complexity index is 438. The monoisotopic (exact) mass is 295 g/mol. The van der Waals surface area contributed by atoms with E-state index in [1.807, 2.05) is 6.08 Å². The fourth-order valence-corrected chi connectivity index (χ4v) is 1.93. The van der Waals surface area contributed by atoms with Crippen LogP contribution in [0.3, 0.4) is 0 Å². The van der Waals surface area contributed by atoms with E-state index in [4.69, 9.17) is 11.6 Å². The molecule has 0 unspecified atom stereocenters. The second-order valence-corrected chi connectivity index (χ2v) is 6.50. The number of anilines is 1. The van der Waals surface area contributed by atoms with Crippen LogP contribution < -0.4 is 10.2 Å². The van der Waals surface area contributed by atoms with Crippen LogP contribution in [-0.4, -0.2) is 24.1 Å². The summed E-state index contributed by atoms with van der Waals surface area (Å²) < 4.78 is 0. The number of pyridine rings is 1. The van der Waals surface area contributed by atoms with Gasteiger partial charge in [0.1, 0.15) is 5.82 Å². The first kappa shape index (κ1) is 17.0. The second-order valence-electron chi connectivity index (χ2n) is 6.09. The molecule has 112 valence electrons. The van der Waals surface area contributed by atoms with Crippen molar-refractivity contribution >= 4 is 17.4 Å². The summed E-state index contributed by atoms with van der Waals surface area (Å²) in [6.45, 7) is 11.9. The molecule has 1 heterocycles. The number of unbranched alkanes of at least 4 members (excludes halogenated alkanes) is 1. The lowest BCUT2D eigenvalue weighted by Gasteiger charge is -2.22. The van der Waals surface area contributed by atoms with Crippen LogP contribution in [0, 0.1) is 0 Å². The first-order chi connectivity index (χ1) is 9.33. The average Bonchev–Trinajstić information content (AvgIpc) is 2.37. The Kier molecular flexibility index (Phi) is 6.50. The van der Waals surface area contributed by atoms with Crippen molar-refractivity contribution in [3.05, 3.63) is 35.5 Å². The summed E-state index contributed by atoms with van der Waals surface area (Å²) in [5, 5.41) is 4.17. The highest BCUT2D eigenvalue weighted by Gasteiger charge is 2.12. The maximum Gasteiger partial charge on any atom is 0.128 e. The van der Waals surface area contributed by atoms with E-state index in [1.165, 1.54) is 0 Å². The second kappa shape index (κ2) is 7.65. The molecule has 0 atom stereocenters. The van der Waals surface area contributed by atoms with Crippen molar-refractivity contribution in [3.63, 3.8) is 0 Å². The smallest absolute Gasteiger partial charge is 0.128 e. The summed E-state index contributed by atoms with van der Waals surface area (Å²) in [7, 11) is 2.06. The number of nitrogens with one attached hydrogen (secondary N) is 1. The first-order valence-corrected chi connectivity index (χ1v) is 7.43. The van der Waals surface area contributed by atoms with Crippen molar-refractivity contribution in [1.29, 1.82) is 0 Å². The van der Waals surface area contributed by atoms with Crippen molar-refractivity contribution in [2.45, 2.75) is 45.7 Å². The van der Waals surface area contributed by atoms with E-state index >= 15 is 0 Å². The van der Waals surface area contributed by atoms with Gasteiger partial charge in [0.15, 0.2) is 0 Å². The molecule has 0 fully saturated rings. The zero-order valence-corrected chi connectivity index (χ0v) is 13.8. The Morgan fingerprint density at radius 1 is 1.45 bits per heavy atom. The van der Waals surface area contributed by atoms with Crippen LogP contribution >= 0.6 is 11.6 Å². The van der Waals surface area contributed by atoms with Gasteiger partial charge in [0.2, 0.25) is 0 Å². The quantitative estimate of drug-likeness (QED) is 0.608. The maximum atomic E-state index is 6.22. The minimum atomic E-state index is 0.0720. The predicted molar refractivity (Wildman–Crippen MR) is 88.5 cm³/mol. The Morgan fingerprint density at radius 2 is 2.15 bits per heavy atom. The molecule has 4 heteroatoms. The van der Waals surface area contributed by atoms with Gasteiger partial charge in [-0.05, 0) is 45.2 Å². The van der Waals surface area contributed by atoms with Gasteiger partial charge in [0.25, 0.3) is 0 Å². The molecule has 0 saturated carbocycles. The first-order valence-electron chi connectivity index (χ1n) is 7.05. The number of hydrogen-bond acceptors (Lipinski definition) is 3. The lowest BCUT2D eigenvalue weighted by Crippen LogP contribution is -2.35. The van der Waals surface area contributed by atoms with Crippen LogP contribution in [0.2, 0.25) is 5.02 Å². The molecule has 1 aromatic heterocycles. The molecule has 1 rings (SSSR count). The van der Waals surface area contributed by atoms with Crippen molar-refractivity contribution < 1.29 is 0 Å². The molecule has 1 aromatic rings. The van der Waals surface area contributed by atoms with E-state index in [0.29, 0.717) is 5.02 Å². The van der Waals surface area contributed by atoms with Crippen molar-refractivity contribution in [2.75, 3.05) is 18.5 Å². The Morgan fingerprint density at radius 3 is 2.75 bits per heavy atom. The predicted octanol–water partition coefficient (Wildman–Crippen LogP) is 4.03. The summed E-state index contributed by atoms with van der Waals surface area (Å²) in [4.78, 5) is 6.56. The van der Waals surface area contributed by atoms with E-state index in [1.54, 1.807) is 6.20 Å². The molecule has 0 amide bonds. The van der Waals surface area contributed by atoms with Gasteiger partial charge in [0, 0.05) is 31.9 Å². The van der Waals surface area contributed by atoms with E-state index in [9.17, 15) is 0 Å². The minimum Gasteiger partial charge on any atom is -0.360 e. The number of nitrogens with zero attached hydrogens (tertiary/aromatic N) is 2. The van der Waals surface area contributed by atoms with Gasteiger partial charge in [-0.2, -0.15) is 0 Å². The number of aromatic nitrogens is 1. The molecule has 0 bridgehead atoms. The van der Waals surface area contributed by atoms with E-state index < -0.39 is 0 Å². The molecule has 0 aliphatic heterocycles. The average molecular weight is 296 g/mol. The zero-order valence-electron chi connectivity index (χ0n) is 13.0. The minimum absolute atomic E-state index is 0.0720. The third-order valence-electron chi connectivity index (χ3n) is 3.02. The van der Waals surface area contributed by atoms with Gasteiger partial charge in [-0.15, -0.1) is 6.58 Å². The standard InChI is InChI=1S/C16H26ClN3/c1-6-7-8-9-20(5)15-10-13(14(17)12-18-15)11-19-16(2,3)4/h6,10,12,19H,1,7-9,11H2,2-5H3. The van der Waals surface area contributed by atoms with Crippen molar-refractivity contribution in [3.8, 4) is 0 Å². The van der Waals surface area contributed by atoms with Gasteiger partial charge in [-0.1, -0.05) is 17.7 Å². The fourth-order valence-electron chi connectivity index (χ4n) is 1.76. The SMILES string of the molecule is C=CCCCN(C)c1cc(CNC(C)(C)C)c(Cl)cn1. The summed E-state index contributed by atoms with van der Waals surface area (Å²) in [6, 6.07) is 2.06. The lowest BCUT2D eigenvalue weighted by atomic mass is 10.1. The van der Waals surface area contributed by atoms with Crippen LogP contribution in [0.25, 0.3) is 0 Å². The molecular formula is C16H26ClN3. The molecule has 0 saturated heterocycles. The summed E-state index contributed by atoms with van der Waals surface area (Å²) in [6.07, 6.45) is 5.79. The van der Waals surface area contributed by atoms with Gasteiger partial charge < -0.3 is 10.2 Å². The van der Waals surface area contributed by atoms with Crippen LogP contribution in [-0.2, 0) is 6.54 Å². The number of rotatable bonds is 7. The molecule has 0 aliphatic carbocycles. The van der Waals surface area contributed by atoms with Crippen LogP contribution in [0.15, 0.2) is 24.9 Å². The van der Waals surface area contributed by atoms with Crippen LogP contribution in [0.4, 0.5) is 5.82 Å². The molecule has 0 aromatic carbocycles. The molecular weight excluding hydrogens is 270 g/mol. The number of allylic oxidation sites excluding steroid dienone is 1. The third kappa shape index (κ3) is 5.93. The van der Waals surface area contributed by atoms with Crippen molar-refractivity contribution in [1.82, 2.24) is 10.3 Å². The highest BCUT2D eigenvalue weighted by atomic mass is 35.5. The Balaban J connectivity index is 2.72. The molecule has 20 heavy (non-hydrogen) atoms. The Labute approximate surface area is 128 Å². The third-order valence-corrected chi connectivity index (χ3v) is 3.36. The van der Waals surface area contributed by atoms with E-state index in [0.717, 1.165) is 37.3 Å². The molecule has 1 N–H and O–H groups in total. The molecule has 0 spiro atoms. The van der Waals surface area contributed by atoms with Crippen LogP contribution in [0.5, 0.6) is 0 Å². The summed E-state index contributed by atoms with van der Waals surface area (Å²) in [5.74, 6) is 0.962. The number of hydrogen-bond donors (Lipinski definition) is 1. The van der Waals surface area contributed by atoms with Crippen LogP contribution in [0.1, 0.15) is 39.2 Å². The highest BCUT2D eigenvalue weighted by molar-refractivity contribution is 6.31. The van der Waals surface area contributed by atoms with Gasteiger partial charge >= 0.3 is 0 Å². The zero-order chi connectivity index (χ0) is 15.2. The molecule has 0 radical (unpaired) electrons. The van der Waals surface area contributed by atoms with Gasteiger partial charge in [-0.25, -0.2) is 4.98 Å². The largest absolute Gasteiger partial charge is 0.360 e. The molecule has 3 nitrogen and oxygen atoms in total. The van der Waals surface area contributed by atoms with Crippen molar-refractivity contribution in [2.24, 2.45) is 0 Å².